The third kappa shape index (κ3) is 3.58. The van der Waals surface area contributed by atoms with Crippen LogP contribution in [0.5, 0.6) is 11.5 Å². The van der Waals surface area contributed by atoms with E-state index in [-0.39, 0.29) is 29.4 Å². The molecule has 0 atom stereocenters. The molecule has 0 aromatic heterocycles. The second-order valence-corrected chi connectivity index (χ2v) is 6.71. The predicted octanol–water partition coefficient (Wildman–Crippen LogP) is 2.83. The Morgan fingerprint density at radius 2 is 1.88 bits per heavy atom. The zero-order chi connectivity index (χ0) is 15.5. The molecular weight excluding hydrogens is 417 g/mol. The van der Waals surface area contributed by atoms with E-state index in [1.54, 1.807) is 0 Å². The molecule has 1 aliphatic carbocycles. The topological polar surface area (TPSA) is 54.9 Å². The van der Waals surface area contributed by atoms with E-state index in [1.807, 2.05) is 0 Å². The van der Waals surface area contributed by atoms with Crippen LogP contribution in [-0.2, 0) is 5.41 Å². The first-order chi connectivity index (χ1) is 11.4. The summed E-state index contributed by atoms with van der Waals surface area (Å²) in [5.74, 6) is 2.73. The van der Waals surface area contributed by atoms with Crippen molar-refractivity contribution in [2.75, 3.05) is 32.8 Å². The van der Waals surface area contributed by atoms with Crippen LogP contribution in [0.15, 0.2) is 23.2 Å². The van der Waals surface area contributed by atoms with E-state index >= 15 is 0 Å². The van der Waals surface area contributed by atoms with E-state index in [4.69, 9.17) is 9.47 Å². The fourth-order valence-corrected chi connectivity index (χ4v) is 3.90. The maximum Gasteiger partial charge on any atom is 0.191 e. The van der Waals surface area contributed by atoms with Gasteiger partial charge in [0.1, 0.15) is 13.2 Å². The molecule has 0 bridgehead atoms. The Bertz CT molecular complexity index is 600. The van der Waals surface area contributed by atoms with Gasteiger partial charge in [-0.2, -0.15) is 0 Å². The number of nitrogens with zero attached hydrogens (tertiary/aromatic N) is 1. The van der Waals surface area contributed by atoms with E-state index in [0.29, 0.717) is 13.2 Å². The van der Waals surface area contributed by atoms with Crippen LogP contribution >= 0.6 is 24.0 Å². The molecule has 6 heteroatoms. The monoisotopic (exact) mass is 443 g/mol. The molecule has 0 saturated heterocycles. The Labute approximate surface area is 160 Å². The minimum Gasteiger partial charge on any atom is -0.486 e. The Morgan fingerprint density at radius 3 is 2.62 bits per heavy atom. The van der Waals surface area contributed by atoms with Gasteiger partial charge in [0.2, 0.25) is 0 Å². The van der Waals surface area contributed by atoms with Crippen LogP contribution in [0.4, 0.5) is 0 Å². The molecule has 2 N–H and O–H groups in total. The molecule has 0 unspecified atom stereocenters. The fraction of sp³-hybridized carbons (Fsp3) is 0.611. The summed E-state index contributed by atoms with van der Waals surface area (Å²) in [4.78, 5) is 4.54. The summed E-state index contributed by atoms with van der Waals surface area (Å²) in [6, 6.07) is 6.48. The molecule has 24 heavy (non-hydrogen) atoms. The summed E-state index contributed by atoms with van der Waals surface area (Å²) in [6.45, 7) is 4.15. The molecule has 2 heterocycles. The first kappa shape index (κ1) is 17.6. The molecule has 0 amide bonds. The summed E-state index contributed by atoms with van der Waals surface area (Å²) in [5, 5.41) is 6.91. The Hall–Kier alpha value is -1.18. The van der Waals surface area contributed by atoms with E-state index < -0.39 is 0 Å². The molecule has 2 aliphatic heterocycles. The van der Waals surface area contributed by atoms with Gasteiger partial charge in [-0.1, -0.05) is 18.9 Å². The van der Waals surface area contributed by atoms with Gasteiger partial charge < -0.3 is 20.1 Å². The predicted molar refractivity (Wildman–Crippen MR) is 106 cm³/mol. The Morgan fingerprint density at radius 1 is 1.08 bits per heavy atom. The van der Waals surface area contributed by atoms with Crippen molar-refractivity contribution in [3.8, 4) is 11.5 Å². The first-order valence-electron chi connectivity index (χ1n) is 8.78. The number of halogens is 1. The molecule has 4 rings (SSSR count). The van der Waals surface area contributed by atoms with Crippen molar-refractivity contribution in [2.24, 2.45) is 4.99 Å². The second kappa shape index (κ2) is 7.80. The van der Waals surface area contributed by atoms with Crippen LogP contribution in [0.1, 0.15) is 37.7 Å². The highest BCUT2D eigenvalue weighted by Crippen LogP contribution is 2.43. The van der Waals surface area contributed by atoms with E-state index in [9.17, 15) is 0 Å². The van der Waals surface area contributed by atoms with E-state index in [0.717, 1.165) is 43.5 Å². The number of nitrogens with one attached hydrogen (secondary N) is 2. The van der Waals surface area contributed by atoms with Crippen LogP contribution in [-0.4, -0.2) is 38.8 Å². The highest BCUT2D eigenvalue weighted by Gasteiger charge is 2.36. The van der Waals surface area contributed by atoms with Gasteiger partial charge >= 0.3 is 0 Å². The van der Waals surface area contributed by atoms with Crippen molar-refractivity contribution in [3.63, 3.8) is 0 Å². The summed E-state index contributed by atoms with van der Waals surface area (Å²) in [6.07, 6.45) is 6.13. The number of rotatable bonds is 3. The Kier molecular flexibility index (Phi) is 5.73. The number of guanidine groups is 1. The van der Waals surface area contributed by atoms with E-state index in [2.05, 4.69) is 33.8 Å². The summed E-state index contributed by atoms with van der Waals surface area (Å²) >= 11 is 0. The van der Waals surface area contributed by atoms with Gasteiger partial charge in [0.05, 0.1) is 0 Å². The van der Waals surface area contributed by atoms with Gasteiger partial charge in [0, 0.05) is 25.0 Å². The van der Waals surface area contributed by atoms with Crippen molar-refractivity contribution >= 4 is 29.9 Å². The average Bonchev–Trinajstić information content (AvgIpc) is 3.11. The van der Waals surface area contributed by atoms with Gasteiger partial charge in [0.25, 0.3) is 0 Å². The van der Waals surface area contributed by atoms with Crippen molar-refractivity contribution in [1.82, 2.24) is 10.6 Å². The number of hydrogen-bond acceptors (Lipinski definition) is 5. The molecule has 1 aromatic carbocycles. The third-order valence-corrected chi connectivity index (χ3v) is 5.21. The molecule has 132 valence electrons. The van der Waals surface area contributed by atoms with Crippen LogP contribution in [0, 0.1) is 0 Å². The summed E-state index contributed by atoms with van der Waals surface area (Å²) < 4.78 is 11.4. The third-order valence-electron chi connectivity index (χ3n) is 5.21. The normalized spacial score (nSPS) is 21.2. The van der Waals surface area contributed by atoms with Gasteiger partial charge in [-0.15, -0.1) is 24.0 Å². The highest BCUT2D eigenvalue weighted by atomic mass is 127. The zero-order valence-electron chi connectivity index (χ0n) is 14.0. The zero-order valence-corrected chi connectivity index (χ0v) is 16.3. The molecular formula is C18H26IN3O2. The van der Waals surface area contributed by atoms with E-state index in [1.165, 1.54) is 31.2 Å². The molecule has 0 spiro atoms. The smallest absolute Gasteiger partial charge is 0.191 e. The fourth-order valence-electron chi connectivity index (χ4n) is 3.90. The molecule has 1 fully saturated rings. The Balaban J connectivity index is 0.00000169. The molecule has 3 aliphatic rings. The maximum atomic E-state index is 5.78. The van der Waals surface area contributed by atoms with Crippen LogP contribution in [0.2, 0.25) is 0 Å². The largest absolute Gasteiger partial charge is 0.486 e. The lowest BCUT2D eigenvalue weighted by Crippen LogP contribution is -2.46. The average molecular weight is 443 g/mol. The number of aliphatic imine (C=N–C) groups is 1. The van der Waals surface area contributed by atoms with Gasteiger partial charge in [-0.3, -0.25) is 4.99 Å². The second-order valence-electron chi connectivity index (χ2n) is 6.71. The quantitative estimate of drug-likeness (QED) is 0.706. The maximum absolute atomic E-state index is 5.78. The number of fused-ring (bicyclic) bond motifs is 1. The standard InChI is InChI=1S/C18H25N3O2.HI/c1-2-7-18(6-1,13-21-17-19-8-3-9-20-17)14-4-5-15-16(12-14)23-11-10-22-15;/h4-5,12H,1-3,6-11,13H2,(H2,19,20,21);1H. The van der Waals surface area contributed by atoms with Crippen molar-refractivity contribution in [2.45, 2.75) is 37.5 Å². The van der Waals surface area contributed by atoms with Crippen LogP contribution in [0.25, 0.3) is 0 Å². The highest BCUT2D eigenvalue weighted by molar-refractivity contribution is 14.0. The van der Waals surface area contributed by atoms with Gasteiger partial charge in [-0.05, 0) is 37.0 Å². The SMILES string of the molecule is I.c1cc2c(cc1C1(CNC3=NCCCN3)CCCC1)OCCO2. The number of ether oxygens (including phenoxy) is 2. The molecule has 1 aromatic rings. The molecule has 0 radical (unpaired) electrons. The van der Waals surface area contributed by atoms with Crippen LogP contribution < -0.4 is 20.1 Å². The van der Waals surface area contributed by atoms with Gasteiger partial charge in [-0.25, -0.2) is 0 Å². The lowest BCUT2D eigenvalue weighted by atomic mass is 9.78. The minimum absolute atomic E-state index is 0. The van der Waals surface area contributed by atoms with Gasteiger partial charge in [0.15, 0.2) is 17.5 Å². The molecule has 5 nitrogen and oxygen atoms in total. The summed E-state index contributed by atoms with van der Waals surface area (Å²) in [5.41, 5.74) is 1.54. The van der Waals surface area contributed by atoms with Crippen LogP contribution in [0.3, 0.4) is 0 Å². The minimum atomic E-state index is 0. The molecule has 1 saturated carbocycles. The lowest BCUT2D eigenvalue weighted by molar-refractivity contribution is 0.171. The lowest BCUT2D eigenvalue weighted by Gasteiger charge is -2.32. The summed E-state index contributed by atoms with van der Waals surface area (Å²) in [7, 11) is 0. The van der Waals surface area contributed by atoms with Crippen molar-refractivity contribution < 1.29 is 9.47 Å². The number of hydrogen-bond donors (Lipinski definition) is 2. The van der Waals surface area contributed by atoms with Crippen molar-refractivity contribution in [3.05, 3.63) is 23.8 Å². The van der Waals surface area contributed by atoms with Crippen molar-refractivity contribution in [1.29, 1.82) is 0 Å². The number of benzene rings is 1. The first-order valence-corrected chi connectivity index (χ1v) is 8.78.